The molecule has 1 aliphatic carbocycles. The van der Waals surface area contributed by atoms with Gasteiger partial charge in [-0.15, -0.1) is 0 Å². The molecule has 0 unspecified atom stereocenters. The van der Waals surface area contributed by atoms with Gasteiger partial charge in [0.1, 0.15) is 5.60 Å². The van der Waals surface area contributed by atoms with Crippen molar-refractivity contribution in [2.45, 2.75) is 58.3 Å². The Kier molecular flexibility index (Phi) is 4.74. The first kappa shape index (κ1) is 13.5. The van der Waals surface area contributed by atoms with Crippen molar-refractivity contribution in [1.82, 2.24) is 5.32 Å². The zero-order chi connectivity index (χ0) is 12.2. The molecule has 0 aliphatic heterocycles. The van der Waals surface area contributed by atoms with Gasteiger partial charge in [0, 0.05) is 12.6 Å². The van der Waals surface area contributed by atoms with Crippen molar-refractivity contribution in [3.63, 3.8) is 0 Å². The molecule has 1 rings (SSSR count). The van der Waals surface area contributed by atoms with Crippen molar-refractivity contribution >= 4 is 5.97 Å². The lowest BCUT2D eigenvalue weighted by atomic mass is 9.89. The summed E-state index contributed by atoms with van der Waals surface area (Å²) in [5.41, 5.74) is -0.397. The summed E-state index contributed by atoms with van der Waals surface area (Å²) in [6.45, 7) is 8.68. The lowest BCUT2D eigenvalue weighted by molar-refractivity contribution is -0.154. The standard InChI is InChI=1S/C12H23NO3/c1-5-15-10-6-9(7-10)13-8-11(14)16-12(2,3)4/h9-10,13H,5-8H2,1-4H3. The molecule has 0 heterocycles. The fourth-order valence-corrected chi connectivity index (χ4v) is 1.71. The highest BCUT2D eigenvalue weighted by molar-refractivity contribution is 5.72. The monoisotopic (exact) mass is 229 g/mol. The van der Waals surface area contributed by atoms with Gasteiger partial charge in [0.05, 0.1) is 12.6 Å². The number of carbonyl (C=O) groups is 1. The second-order valence-electron chi connectivity index (χ2n) is 5.21. The molecule has 1 aliphatic rings. The highest BCUT2D eigenvalue weighted by Crippen LogP contribution is 2.22. The maximum Gasteiger partial charge on any atom is 0.320 e. The van der Waals surface area contributed by atoms with Gasteiger partial charge in [-0.1, -0.05) is 0 Å². The molecule has 1 saturated carbocycles. The van der Waals surface area contributed by atoms with E-state index in [0.717, 1.165) is 19.4 Å². The van der Waals surface area contributed by atoms with Crippen LogP contribution in [-0.4, -0.2) is 36.9 Å². The molecule has 1 N–H and O–H groups in total. The van der Waals surface area contributed by atoms with Crippen LogP contribution in [0.2, 0.25) is 0 Å². The van der Waals surface area contributed by atoms with Crippen molar-refractivity contribution in [3.05, 3.63) is 0 Å². The van der Waals surface area contributed by atoms with Crippen LogP contribution in [0.4, 0.5) is 0 Å². The first-order chi connectivity index (χ1) is 7.40. The number of nitrogens with one attached hydrogen (secondary N) is 1. The van der Waals surface area contributed by atoms with Crippen LogP contribution in [0.25, 0.3) is 0 Å². The summed E-state index contributed by atoms with van der Waals surface area (Å²) in [6.07, 6.45) is 2.37. The molecule has 4 nitrogen and oxygen atoms in total. The van der Waals surface area contributed by atoms with Crippen molar-refractivity contribution in [3.8, 4) is 0 Å². The summed E-state index contributed by atoms with van der Waals surface area (Å²) in [5.74, 6) is -0.188. The van der Waals surface area contributed by atoms with Crippen LogP contribution in [0.1, 0.15) is 40.5 Å². The second-order valence-corrected chi connectivity index (χ2v) is 5.21. The number of esters is 1. The third-order valence-electron chi connectivity index (χ3n) is 2.45. The molecule has 1 fully saturated rings. The van der Waals surface area contributed by atoms with Crippen molar-refractivity contribution < 1.29 is 14.3 Å². The van der Waals surface area contributed by atoms with E-state index in [2.05, 4.69) is 5.32 Å². The minimum Gasteiger partial charge on any atom is -0.459 e. The maximum absolute atomic E-state index is 11.4. The van der Waals surface area contributed by atoms with Crippen LogP contribution in [0, 0.1) is 0 Å². The van der Waals surface area contributed by atoms with Gasteiger partial charge in [-0.2, -0.15) is 0 Å². The van der Waals surface area contributed by atoms with Gasteiger partial charge in [-0.25, -0.2) is 0 Å². The summed E-state index contributed by atoms with van der Waals surface area (Å²) >= 11 is 0. The Morgan fingerprint density at radius 2 is 2.00 bits per heavy atom. The van der Waals surface area contributed by atoms with Crippen molar-refractivity contribution in [2.75, 3.05) is 13.2 Å². The average molecular weight is 229 g/mol. The Morgan fingerprint density at radius 3 is 2.50 bits per heavy atom. The van der Waals surface area contributed by atoms with Crippen LogP contribution in [0.5, 0.6) is 0 Å². The van der Waals surface area contributed by atoms with E-state index >= 15 is 0 Å². The highest BCUT2D eigenvalue weighted by Gasteiger charge is 2.29. The largest absolute Gasteiger partial charge is 0.459 e. The van der Waals surface area contributed by atoms with Gasteiger partial charge in [-0.3, -0.25) is 4.79 Å². The van der Waals surface area contributed by atoms with E-state index in [1.807, 2.05) is 27.7 Å². The molecular weight excluding hydrogens is 206 g/mol. The number of hydrogen-bond donors (Lipinski definition) is 1. The maximum atomic E-state index is 11.4. The molecule has 0 aromatic carbocycles. The summed E-state index contributed by atoms with van der Waals surface area (Å²) in [7, 11) is 0. The van der Waals surface area contributed by atoms with Gasteiger partial charge >= 0.3 is 5.97 Å². The minimum absolute atomic E-state index is 0.188. The fourth-order valence-electron chi connectivity index (χ4n) is 1.71. The van der Waals surface area contributed by atoms with Crippen molar-refractivity contribution in [2.24, 2.45) is 0 Å². The second kappa shape index (κ2) is 5.64. The zero-order valence-corrected chi connectivity index (χ0v) is 10.7. The molecule has 0 radical (unpaired) electrons. The van der Waals surface area contributed by atoms with E-state index in [4.69, 9.17) is 9.47 Å². The Balaban J connectivity index is 2.06. The molecule has 0 aromatic heterocycles. The molecule has 0 aromatic rings. The third kappa shape index (κ3) is 4.94. The molecule has 0 atom stereocenters. The van der Waals surface area contributed by atoms with Gasteiger partial charge in [0.15, 0.2) is 0 Å². The molecule has 4 heteroatoms. The number of ether oxygens (including phenoxy) is 2. The summed E-state index contributed by atoms with van der Waals surface area (Å²) < 4.78 is 10.6. The van der Waals surface area contributed by atoms with Crippen LogP contribution < -0.4 is 5.32 Å². The highest BCUT2D eigenvalue weighted by atomic mass is 16.6. The van der Waals surface area contributed by atoms with Crippen LogP contribution in [0.3, 0.4) is 0 Å². The Hall–Kier alpha value is -0.610. The van der Waals surface area contributed by atoms with Crippen LogP contribution in [-0.2, 0) is 14.3 Å². The molecular formula is C12H23NO3. The molecule has 94 valence electrons. The summed E-state index contributed by atoms with van der Waals surface area (Å²) in [5, 5.41) is 3.18. The molecule has 0 spiro atoms. The summed E-state index contributed by atoms with van der Waals surface area (Å²) in [4.78, 5) is 11.4. The topological polar surface area (TPSA) is 47.6 Å². The number of rotatable bonds is 5. The lowest BCUT2D eigenvalue weighted by Gasteiger charge is -2.35. The van der Waals surface area contributed by atoms with E-state index in [9.17, 15) is 4.79 Å². The normalized spacial score (nSPS) is 25.0. The van der Waals surface area contributed by atoms with E-state index < -0.39 is 5.60 Å². The van der Waals surface area contributed by atoms with Gasteiger partial charge < -0.3 is 14.8 Å². The Morgan fingerprint density at radius 1 is 1.38 bits per heavy atom. The average Bonchev–Trinajstić information content (AvgIpc) is 2.05. The van der Waals surface area contributed by atoms with E-state index in [1.165, 1.54) is 0 Å². The number of hydrogen-bond acceptors (Lipinski definition) is 4. The molecule has 0 amide bonds. The van der Waals surface area contributed by atoms with Gasteiger partial charge in [-0.05, 0) is 40.5 Å². The Labute approximate surface area is 97.7 Å². The van der Waals surface area contributed by atoms with Crippen LogP contribution in [0.15, 0.2) is 0 Å². The zero-order valence-electron chi connectivity index (χ0n) is 10.7. The van der Waals surface area contributed by atoms with E-state index in [0.29, 0.717) is 18.7 Å². The molecule has 0 saturated heterocycles. The minimum atomic E-state index is -0.397. The lowest BCUT2D eigenvalue weighted by Crippen LogP contribution is -2.47. The molecule has 0 bridgehead atoms. The van der Waals surface area contributed by atoms with Gasteiger partial charge in [0.2, 0.25) is 0 Å². The quantitative estimate of drug-likeness (QED) is 0.725. The number of carbonyl (C=O) groups excluding carboxylic acids is 1. The first-order valence-corrected chi connectivity index (χ1v) is 5.97. The van der Waals surface area contributed by atoms with Crippen LogP contribution >= 0.6 is 0 Å². The van der Waals surface area contributed by atoms with Gasteiger partial charge in [0.25, 0.3) is 0 Å². The Bertz CT molecular complexity index is 229. The fraction of sp³-hybridized carbons (Fsp3) is 0.917. The summed E-state index contributed by atoms with van der Waals surface area (Å²) in [6, 6.07) is 0.407. The third-order valence-corrected chi connectivity index (χ3v) is 2.45. The predicted molar refractivity (Wildman–Crippen MR) is 62.3 cm³/mol. The smallest absolute Gasteiger partial charge is 0.320 e. The molecule has 16 heavy (non-hydrogen) atoms. The van der Waals surface area contributed by atoms with E-state index in [-0.39, 0.29) is 5.97 Å². The first-order valence-electron chi connectivity index (χ1n) is 5.97. The van der Waals surface area contributed by atoms with E-state index in [1.54, 1.807) is 0 Å². The predicted octanol–water partition coefficient (Wildman–Crippen LogP) is 1.49. The SMILES string of the molecule is CCOC1CC(NCC(=O)OC(C)(C)C)C1. The van der Waals surface area contributed by atoms with Crippen molar-refractivity contribution in [1.29, 1.82) is 0 Å².